The summed E-state index contributed by atoms with van der Waals surface area (Å²) in [5.74, 6) is -1.19. The third kappa shape index (κ3) is 6.33. The van der Waals surface area contributed by atoms with Crippen LogP contribution in [0.4, 0.5) is 26.3 Å². The van der Waals surface area contributed by atoms with E-state index in [1.807, 2.05) is 0 Å². The standard InChI is InChI=1S/C18H13F6N7O2/c19-17(20,21)11-5-10(6-12(7-11)18(22,23)24)15-27-9-31(30-15)4-1-14(32)28-29-16(33)13-8-25-2-3-26-13/h1-9,16,29,33H,(H,28,32)/b4-1-. The first-order chi connectivity index (χ1) is 15.4. The van der Waals surface area contributed by atoms with Gasteiger partial charge in [0.1, 0.15) is 12.0 Å². The van der Waals surface area contributed by atoms with Crippen LogP contribution in [-0.2, 0) is 17.1 Å². The number of benzene rings is 1. The summed E-state index contributed by atoms with van der Waals surface area (Å²) in [6.45, 7) is 0. The van der Waals surface area contributed by atoms with Crippen molar-refractivity contribution in [1.29, 1.82) is 0 Å². The third-order valence-corrected chi connectivity index (χ3v) is 3.93. The van der Waals surface area contributed by atoms with E-state index < -0.39 is 47.0 Å². The Morgan fingerprint density at radius 1 is 1.03 bits per heavy atom. The van der Waals surface area contributed by atoms with Gasteiger partial charge < -0.3 is 5.11 Å². The van der Waals surface area contributed by atoms with E-state index in [1.165, 1.54) is 18.6 Å². The number of halogens is 6. The predicted molar refractivity (Wildman–Crippen MR) is 99.1 cm³/mol. The van der Waals surface area contributed by atoms with Crippen molar-refractivity contribution >= 4 is 12.1 Å². The number of nitrogens with zero attached hydrogens (tertiary/aromatic N) is 5. The number of nitrogens with one attached hydrogen (secondary N) is 2. The number of amides is 1. The van der Waals surface area contributed by atoms with E-state index in [0.717, 1.165) is 23.3 Å². The quantitative estimate of drug-likeness (QED) is 0.218. The van der Waals surface area contributed by atoms with Gasteiger partial charge in [-0.3, -0.25) is 20.2 Å². The van der Waals surface area contributed by atoms with Crippen LogP contribution in [0, 0.1) is 0 Å². The fraction of sp³-hybridized carbons (Fsp3) is 0.167. The van der Waals surface area contributed by atoms with Crippen LogP contribution in [0.2, 0.25) is 0 Å². The Morgan fingerprint density at radius 3 is 2.27 bits per heavy atom. The van der Waals surface area contributed by atoms with Crippen LogP contribution in [0.5, 0.6) is 0 Å². The van der Waals surface area contributed by atoms with Gasteiger partial charge in [0.05, 0.1) is 17.3 Å². The molecule has 0 aliphatic carbocycles. The van der Waals surface area contributed by atoms with Crippen molar-refractivity contribution in [3.05, 3.63) is 66.0 Å². The van der Waals surface area contributed by atoms with E-state index >= 15 is 0 Å². The minimum atomic E-state index is -5.01. The summed E-state index contributed by atoms with van der Waals surface area (Å²) in [5.41, 5.74) is 0.983. The Morgan fingerprint density at radius 2 is 1.70 bits per heavy atom. The van der Waals surface area contributed by atoms with E-state index in [0.29, 0.717) is 12.1 Å². The lowest BCUT2D eigenvalue weighted by molar-refractivity contribution is -0.143. The molecule has 0 bridgehead atoms. The molecule has 1 unspecified atom stereocenters. The van der Waals surface area contributed by atoms with E-state index in [9.17, 15) is 36.2 Å². The Hall–Kier alpha value is -3.85. The maximum Gasteiger partial charge on any atom is 0.416 e. The molecule has 9 nitrogen and oxygen atoms in total. The molecule has 0 saturated carbocycles. The molecule has 15 heteroatoms. The number of aliphatic hydroxyl groups excluding tert-OH is 1. The van der Waals surface area contributed by atoms with Gasteiger partial charge >= 0.3 is 12.4 Å². The molecule has 0 aliphatic heterocycles. The number of hydrogen-bond acceptors (Lipinski definition) is 7. The van der Waals surface area contributed by atoms with E-state index in [-0.39, 0.29) is 11.8 Å². The number of carbonyl (C=O) groups excluding carboxylic acids is 1. The smallest absolute Gasteiger partial charge is 0.371 e. The highest BCUT2D eigenvalue weighted by Gasteiger charge is 2.37. The number of alkyl halides is 6. The first kappa shape index (κ1) is 23.8. The van der Waals surface area contributed by atoms with Gasteiger partial charge in [-0.1, -0.05) is 0 Å². The van der Waals surface area contributed by atoms with Crippen LogP contribution >= 0.6 is 0 Å². The van der Waals surface area contributed by atoms with Crippen molar-refractivity contribution in [2.24, 2.45) is 0 Å². The summed E-state index contributed by atoms with van der Waals surface area (Å²) in [6, 6.07) is 0.972. The summed E-state index contributed by atoms with van der Waals surface area (Å²) < 4.78 is 78.9. The van der Waals surface area contributed by atoms with E-state index in [2.05, 4.69) is 30.9 Å². The van der Waals surface area contributed by atoms with Gasteiger partial charge in [0.2, 0.25) is 0 Å². The maximum atomic E-state index is 13.0. The van der Waals surface area contributed by atoms with Crippen molar-refractivity contribution in [2.45, 2.75) is 18.6 Å². The minimum absolute atomic E-state index is 0.00676. The molecule has 0 radical (unpaired) electrons. The van der Waals surface area contributed by atoms with Gasteiger partial charge in [-0.25, -0.2) is 15.1 Å². The molecule has 1 aromatic carbocycles. The predicted octanol–water partition coefficient (Wildman–Crippen LogP) is 2.56. The zero-order valence-electron chi connectivity index (χ0n) is 16.1. The largest absolute Gasteiger partial charge is 0.416 e. The van der Waals surface area contributed by atoms with E-state index in [4.69, 9.17) is 0 Å². The zero-order chi connectivity index (χ0) is 24.2. The van der Waals surface area contributed by atoms with Gasteiger partial charge in [-0.2, -0.15) is 26.3 Å². The first-order valence-electron chi connectivity index (χ1n) is 8.82. The molecule has 0 spiro atoms. The van der Waals surface area contributed by atoms with Crippen molar-refractivity contribution in [3.8, 4) is 11.4 Å². The second-order valence-electron chi connectivity index (χ2n) is 6.32. The molecular formula is C18H13F6N7O2. The monoisotopic (exact) mass is 473 g/mol. The fourth-order valence-electron chi connectivity index (χ4n) is 2.41. The molecule has 2 heterocycles. The van der Waals surface area contributed by atoms with Crippen molar-refractivity contribution in [3.63, 3.8) is 0 Å². The van der Waals surface area contributed by atoms with Crippen LogP contribution in [0.25, 0.3) is 17.6 Å². The van der Waals surface area contributed by atoms with Crippen LogP contribution in [0.15, 0.2) is 49.2 Å². The maximum absolute atomic E-state index is 13.0. The van der Waals surface area contributed by atoms with Crippen molar-refractivity contribution < 1.29 is 36.2 Å². The van der Waals surface area contributed by atoms with Gasteiger partial charge in [-0.15, -0.1) is 5.10 Å². The highest BCUT2D eigenvalue weighted by atomic mass is 19.4. The lowest BCUT2D eigenvalue weighted by Gasteiger charge is -2.13. The highest BCUT2D eigenvalue weighted by Crippen LogP contribution is 2.38. The number of aliphatic hydroxyl groups is 1. The number of rotatable bonds is 6. The topological polar surface area (TPSA) is 118 Å². The van der Waals surface area contributed by atoms with E-state index in [1.54, 1.807) is 0 Å². The lowest BCUT2D eigenvalue weighted by Crippen LogP contribution is -2.39. The normalized spacial score (nSPS) is 13.3. The fourth-order valence-corrected chi connectivity index (χ4v) is 2.41. The lowest BCUT2D eigenvalue weighted by atomic mass is 10.0. The van der Waals surface area contributed by atoms with Crippen LogP contribution in [-0.4, -0.2) is 35.7 Å². The molecule has 2 aromatic heterocycles. The average Bonchev–Trinajstić information content (AvgIpc) is 3.24. The second kappa shape index (κ2) is 9.33. The molecule has 3 rings (SSSR count). The molecule has 1 atom stereocenters. The Labute approximate surface area is 180 Å². The molecule has 0 fully saturated rings. The molecule has 3 N–H and O–H groups in total. The minimum Gasteiger partial charge on any atom is -0.371 e. The highest BCUT2D eigenvalue weighted by molar-refractivity contribution is 5.89. The second-order valence-corrected chi connectivity index (χ2v) is 6.32. The molecule has 1 amide bonds. The van der Waals surface area contributed by atoms with Crippen LogP contribution in [0.3, 0.4) is 0 Å². The zero-order valence-corrected chi connectivity index (χ0v) is 16.1. The first-order valence-corrected chi connectivity index (χ1v) is 8.82. The number of hydrazine groups is 1. The average molecular weight is 473 g/mol. The van der Waals surface area contributed by atoms with Crippen molar-refractivity contribution in [1.82, 2.24) is 35.6 Å². The number of carbonyl (C=O) groups is 1. The molecule has 174 valence electrons. The van der Waals surface area contributed by atoms with Crippen molar-refractivity contribution in [2.75, 3.05) is 0 Å². The summed E-state index contributed by atoms with van der Waals surface area (Å²) in [6.07, 6.45) is -4.48. The molecular weight excluding hydrogens is 460 g/mol. The Balaban J connectivity index is 1.72. The molecule has 0 aliphatic rings. The summed E-state index contributed by atoms with van der Waals surface area (Å²) in [7, 11) is 0. The van der Waals surface area contributed by atoms with Gasteiger partial charge in [-0.05, 0) is 18.2 Å². The Kier molecular flexibility index (Phi) is 6.73. The third-order valence-electron chi connectivity index (χ3n) is 3.93. The van der Waals surface area contributed by atoms with Gasteiger partial charge in [0.15, 0.2) is 12.1 Å². The van der Waals surface area contributed by atoms with Gasteiger partial charge in [0, 0.05) is 30.2 Å². The molecule has 0 saturated heterocycles. The van der Waals surface area contributed by atoms with Gasteiger partial charge in [0.25, 0.3) is 5.91 Å². The summed E-state index contributed by atoms with van der Waals surface area (Å²) in [4.78, 5) is 23.1. The molecule has 3 aromatic rings. The number of aromatic nitrogens is 5. The number of hydrogen-bond donors (Lipinski definition) is 3. The summed E-state index contributed by atoms with van der Waals surface area (Å²) >= 11 is 0. The van der Waals surface area contributed by atoms with Crippen LogP contribution in [0.1, 0.15) is 23.0 Å². The summed E-state index contributed by atoms with van der Waals surface area (Å²) in [5, 5.41) is 13.6. The van der Waals surface area contributed by atoms with Crippen LogP contribution < -0.4 is 10.9 Å². The SMILES string of the molecule is O=C(/C=C\n1cnc(-c2cc(C(F)(F)F)cc(C(F)(F)F)c2)n1)NNC(O)c1cnccn1. The molecule has 33 heavy (non-hydrogen) atoms. The Bertz CT molecular complexity index is 1110.